The second kappa shape index (κ2) is 7.35. The third kappa shape index (κ3) is 4.05. The first kappa shape index (κ1) is 17.8. The van der Waals surface area contributed by atoms with Gasteiger partial charge in [0.05, 0.1) is 16.2 Å². The average molecular weight is 346 g/mol. The number of nitro benzene ring substituents is 1. The van der Waals surface area contributed by atoms with Crippen LogP contribution in [0.2, 0.25) is 0 Å². The summed E-state index contributed by atoms with van der Waals surface area (Å²) >= 11 is 1.56. The first-order valence-corrected chi connectivity index (χ1v) is 8.25. The van der Waals surface area contributed by atoms with Gasteiger partial charge in [-0.2, -0.15) is 0 Å². The fourth-order valence-electron chi connectivity index (χ4n) is 2.44. The molecule has 2 aromatic rings. The number of nitrogens with one attached hydrogen (secondary N) is 1. The van der Waals surface area contributed by atoms with Gasteiger partial charge in [-0.25, -0.2) is 0 Å². The molecule has 1 heterocycles. The first-order chi connectivity index (χ1) is 11.3. The predicted molar refractivity (Wildman–Crippen MR) is 93.8 cm³/mol. The van der Waals surface area contributed by atoms with Gasteiger partial charge in [-0.3, -0.25) is 19.7 Å². The van der Waals surface area contributed by atoms with Gasteiger partial charge < -0.3 is 5.32 Å². The highest BCUT2D eigenvalue weighted by molar-refractivity contribution is 7.12. The van der Waals surface area contributed by atoms with Gasteiger partial charge in [0.15, 0.2) is 5.78 Å². The van der Waals surface area contributed by atoms with Crippen LogP contribution in [-0.4, -0.2) is 16.6 Å². The normalized spacial score (nSPS) is 10.5. The van der Waals surface area contributed by atoms with Crippen molar-refractivity contribution < 1.29 is 14.5 Å². The molecule has 0 saturated heterocycles. The lowest BCUT2D eigenvalue weighted by Crippen LogP contribution is -2.14. The van der Waals surface area contributed by atoms with Crippen molar-refractivity contribution in [3.63, 3.8) is 0 Å². The Labute approximate surface area is 143 Å². The molecule has 6 nitrogen and oxygen atoms in total. The molecule has 126 valence electrons. The molecule has 1 aromatic carbocycles. The lowest BCUT2D eigenvalue weighted by Gasteiger charge is -2.08. The molecular formula is C17H18N2O4S. The summed E-state index contributed by atoms with van der Waals surface area (Å²) in [5.41, 5.74) is 1.40. The highest BCUT2D eigenvalue weighted by Gasteiger charge is 2.17. The lowest BCUT2D eigenvalue weighted by atomic mass is 10.1. The van der Waals surface area contributed by atoms with Crippen molar-refractivity contribution in [3.05, 3.63) is 55.3 Å². The van der Waals surface area contributed by atoms with Crippen LogP contribution in [0.25, 0.3) is 0 Å². The van der Waals surface area contributed by atoms with Gasteiger partial charge in [-0.05, 0) is 32.9 Å². The summed E-state index contributed by atoms with van der Waals surface area (Å²) in [7, 11) is 0. The maximum absolute atomic E-state index is 12.2. The van der Waals surface area contributed by atoms with Gasteiger partial charge in [0, 0.05) is 34.2 Å². The van der Waals surface area contributed by atoms with Crippen LogP contribution in [0.5, 0.6) is 0 Å². The number of thiophene rings is 1. The minimum absolute atomic E-state index is 0.0370. The summed E-state index contributed by atoms with van der Waals surface area (Å²) in [5, 5.41) is 13.6. The molecule has 0 saturated carbocycles. The second-order valence-electron chi connectivity index (χ2n) is 5.51. The zero-order valence-corrected chi connectivity index (χ0v) is 14.5. The third-order valence-corrected chi connectivity index (χ3v) is 4.66. The average Bonchev–Trinajstić information content (AvgIpc) is 2.85. The molecule has 0 aliphatic rings. The van der Waals surface area contributed by atoms with E-state index in [0.717, 1.165) is 9.75 Å². The Bertz CT molecular complexity index is 811. The Morgan fingerprint density at radius 2 is 1.92 bits per heavy atom. The Kier molecular flexibility index (Phi) is 5.46. The number of aryl methyl sites for hydroxylation is 2. The molecule has 2 rings (SSSR count). The van der Waals surface area contributed by atoms with Crippen LogP contribution >= 0.6 is 11.3 Å². The topological polar surface area (TPSA) is 89.3 Å². The van der Waals surface area contributed by atoms with E-state index >= 15 is 0 Å². The van der Waals surface area contributed by atoms with Crippen molar-refractivity contribution in [2.45, 2.75) is 33.6 Å². The Morgan fingerprint density at radius 1 is 1.21 bits per heavy atom. The molecule has 0 bridgehead atoms. The molecule has 24 heavy (non-hydrogen) atoms. The van der Waals surface area contributed by atoms with E-state index in [-0.39, 0.29) is 30.2 Å². The smallest absolute Gasteiger partial charge is 0.274 e. The number of nitrogens with zero attached hydrogens (tertiary/aromatic N) is 1. The Morgan fingerprint density at radius 3 is 2.50 bits per heavy atom. The van der Waals surface area contributed by atoms with Gasteiger partial charge in [-0.15, -0.1) is 11.3 Å². The van der Waals surface area contributed by atoms with Crippen LogP contribution in [0, 0.1) is 30.9 Å². The van der Waals surface area contributed by atoms with Crippen molar-refractivity contribution in [1.82, 2.24) is 0 Å². The number of carbonyl (C=O) groups is 2. The zero-order valence-electron chi connectivity index (χ0n) is 13.7. The third-order valence-electron chi connectivity index (χ3n) is 3.70. The van der Waals surface area contributed by atoms with Gasteiger partial charge in [0.2, 0.25) is 5.91 Å². The number of ketones is 1. The number of nitro groups is 1. The van der Waals surface area contributed by atoms with Gasteiger partial charge in [-0.1, -0.05) is 6.07 Å². The van der Waals surface area contributed by atoms with Crippen LogP contribution in [0.4, 0.5) is 11.4 Å². The molecule has 7 heteroatoms. The number of amides is 1. The standard InChI is InChI=1S/C17H18N2O4S/c1-10-9-13(12(3)24-10)16(20)7-8-17(21)18-14-5-4-6-15(11(14)2)19(22)23/h4-6,9H,7-8H2,1-3H3,(H,18,21). The van der Waals surface area contributed by atoms with E-state index in [0.29, 0.717) is 16.8 Å². The van der Waals surface area contributed by atoms with Crippen molar-refractivity contribution in [2.75, 3.05) is 5.32 Å². The SMILES string of the molecule is Cc1cc(C(=O)CCC(=O)Nc2cccc([N+](=O)[O-])c2C)c(C)s1. The quantitative estimate of drug-likeness (QED) is 0.482. The highest BCUT2D eigenvalue weighted by atomic mass is 32.1. The summed E-state index contributed by atoms with van der Waals surface area (Å²) < 4.78 is 0. The fourth-order valence-corrected chi connectivity index (χ4v) is 3.38. The molecule has 0 aliphatic carbocycles. The van der Waals surface area contributed by atoms with E-state index in [1.807, 2.05) is 19.9 Å². The molecule has 0 fully saturated rings. The molecular weight excluding hydrogens is 328 g/mol. The second-order valence-corrected chi connectivity index (χ2v) is 6.97. The van der Waals surface area contributed by atoms with E-state index in [9.17, 15) is 19.7 Å². The summed E-state index contributed by atoms with van der Waals surface area (Å²) in [5.74, 6) is -0.403. The Hall–Kier alpha value is -2.54. The summed E-state index contributed by atoms with van der Waals surface area (Å²) in [6, 6.07) is 6.35. The molecule has 1 amide bonds. The maximum atomic E-state index is 12.2. The lowest BCUT2D eigenvalue weighted by molar-refractivity contribution is -0.385. The molecule has 0 atom stereocenters. The van der Waals surface area contributed by atoms with Crippen LogP contribution in [0.15, 0.2) is 24.3 Å². The van der Waals surface area contributed by atoms with Crippen LogP contribution in [-0.2, 0) is 4.79 Å². The number of benzene rings is 1. The largest absolute Gasteiger partial charge is 0.326 e. The van der Waals surface area contributed by atoms with Gasteiger partial charge >= 0.3 is 0 Å². The zero-order chi connectivity index (χ0) is 17.9. The fraction of sp³-hybridized carbons (Fsp3) is 0.294. The number of Topliss-reactive ketones (excluding diaryl/α,β-unsaturated/α-hetero) is 1. The number of rotatable bonds is 6. The molecule has 1 aromatic heterocycles. The van der Waals surface area contributed by atoms with E-state index in [2.05, 4.69) is 5.32 Å². The summed E-state index contributed by atoms with van der Waals surface area (Å²) in [6.45, 7) is 5.40. The van der Waals surface area contributed by atoms with Gasteiger partial charge in [0.25, 0.3) is 5.69 Å². The van der Waals surface area contributed by atoms with Crippen molar-refractivity contribution >= 4 is 34.4 Å². The van der Waals surface area contributed by atoms with Crippen LogP contribution in [0.1, 0.15) is 38.5 Å². The predicted octanol–water partition coefficient (Wildman–Crippen LogP) is 4.18. The Balaban J connectivity index is 1.99. The van der Waals surface area contributed by atoms with E-state index < -0.39 is 4.92 Å². The van der Waals surface area contributed by atoms with Crippen LogP contribution in [0.3, 0.4) is 0 Å². The van der Waals surface area contributed by atoms with Crippen molar-refractivity contribution in [2.24, 2.45) is 0 Å². The molecule has 0 unspecified atom stereocenters. The first-order valence-electron chi connectivity index (χ1n) is 7.43. The molecule has 0 aliphatic heterocycles. The number of anilines is 1. The minimum atomic E-state index is -0.490. The number of hydrogen-bond donors (Lipinski definition) is 1. The minimum Gasteiger partial charge on any atom is -0.326 e. The van der Waals surface area contributed by atoms with Gasteiger partial charge in [0.1, 0.15) is 0 Å². The van der Waals surface area contributed by atoms with Crippen LogP contribution < -0.4 is 5.32 Å². The molecule has 0 radical (unpaired) electrons. The van der Waals surface area contributed by atoms with E-state index in [1.54, 1.807) is 24.3 Å². The summed E-state index contributed by atoms with van der Waals surface area (Å²) in [4.78, 5) is 36.7. The van der Waals surface area contributed by atoms with Crippen molar-refractivity contribution in [1.29, 1.82) is 0 Å². The highest BCUT2D eigenvalue weighted by Crippen LogP contribution is 2.25. The number of carbonyl (C=O) groups excluding carboxylic acids is 2. The summed E-state index contributed by atoms with van der Waals surface area (Å²) in [6.07, 6.45) is 0.145. The number of hydrogen-bond acceptors (Lipinski definition) is 5. The van der Waals surface area contributed by atoms with E-state index in [4.69, 9.17) is 0 Å². The van der Waals surface area contributed by atoms with E-state index in [1.165, 1.54) is 12.1 Å². The molecule has 0 spiro atoms. The van der Waals surface area contributed by atoms with Crippen molar-refractivity contribution in [3.8, 4) is 0 Å². The molecule has 1 N–H and O–H groups in total. The monoisotopic (exact) mass is 346 g/mol. The maximum Gasteiger partial charge on any atom is 0.274 e.